The SMILES string of the molecule is CCN(CC)S(=O)(=O)c1cc(NS(=O)(=O)c2ccc(F)c(F)c2)ccc1C. The average Bonchev–Trinajstić information content (AvgIpc) is 2.59. The summed E-state index contributed by atoms with van der Waals surface area (Å²) < 4.78 is 80.1. The molecule has 1 N–H and O–H groups in total. The number of sulfonamides is 2. The van der Waals surface area contributed by atoms with E-state index in [0.717, 1.165) is 6.07 Å². The van der Waals surface area contributed by atoms with E-state index in [9.17, 15) is 25.6 Å². The molecule has 0 radical (unpaired) electrons. The Hall–Kier alpha value is -2.04. The lowest BCUT2D eigenvalue weighted by Crippen LogP contribution is -2.31. The number of aryl methyl sites for hydroxylation is 1. The van der Waals surface area contributed by atoms with Crippen molar-refractivity contribution in [3.8, 4) is 0 Å². The molecule has 0 amide bonds. The number of rotatable bonds is 7. The van der Waals surface area contributed by atoms with Crippen molar-refractivity contribution in [3.05, 3.63) is 53.6 Å². The normalized spacial score (nSPS) is 12.4. The van der Waals surface area contributed by atoms with E-state index in [0.29, 0.717) is 17.7 Å². The Morgan fingerprint density at radius 1 is 0.926 bits per heavy atom. The molecule has 148 valence electrons. The lowest BCUT2D eigenvalue weighted by Gasteiger charge is -2.20. The van der Waals surface area contributed by atoms with Gasteiger partial charge in [0.05, 0.1) is 15.5 Å². The third-order valence-electron chi connectivity index (χ3n) is 3.96. The molecule has 0 saturated heterocycles. The summed E-state index contributed by atoms with van der Waals surface area (Å²) in [4.78, 5) is -0.508. The van der Waals surface area contributed by atoms with Crippen molar-refractivity contribution >= 4 is 25.7 Å². The molecule has 2 aromatic carbocycles. The third-order valence-corrected chi connectivity index (χ3v) is 7.54. The second-order valence-corrected chi connectivity index (χ2v) is 9.34. The van der Waals surface area contributed by atoms with Gasteiger partial charge in [-0.25, -0.2) is 25.6 Å². The van der Waals surface area contributed by atoms with Crippen LogP contribution in [-0.4, -0.2) is 34.2 Å². The molecular formula is C17H20F2N2O4S2. The summed E-state index contributed by atoms with van der Waals surface area (Å²) in [5.74, 6) is -2.47. The fraction of sp³-hybridized carbons (Fsp3) is 0.294. The van der Waals surface area contributed by atoms with Crippen molar-refractivity contribution in [2.45, 2.75) is 30.6 Å². The zero-order valence-corrected chi connectivity index (χ0v) is 16.7. The quantitative estimate of drug-likeness (QED) is 0.749. The number of anilines is 1. The van der Waals surface area contributed by atoms with Gasteiger partial charge in [-0.3, -0.25) is 4.72 Å². The van der Waals surface area contributed by atoms with E-state index in [-0.39, 0.29) is 23.7 Å². The number of nitrogens with one attached hydrogen (secondary N) is 1. The summed E-state index contributed by atoms with van der Waals surface area (Å²) in [6, 6.07) is 6.26. The molecule has 0 aliphatic carbocycles. The summed E-state index contributed by atoms with van der Waals surface area (Å²) in [7, 11) is -8.02. The fourth-order valence-corrected chi connectivity index (χ4v) is 5.27. The van der Waals surface area contributed by atoms with Crippen molar-refractivity contribution in [1.29, 1.82) is 0 Å². The molecule has 6 nitrogen and oxygen atoms in total. The highest BCUT2D eigenvalue weighted by Crippen LogP contribution is 2.25. The Labute approximate surface area is 157 Å². The molecule has 0 spiro atoms. The topological polar surface area (TPSA) is 83.6 Å². The lowest BCUT2D eigenvalue weighted by atomic mass is 10.2. The van der Waals surface area contributed by atoms with Gasteiger partial charge in [0.1, 0.15) is 0 Å². The van der Waals surface area contributed by atoms with Gasteiger partial charge in [-0.05, 0) is 42.8 Å². The van der Waals surface area contributed by atoms with E-state index in [4.69, 9.17) is 0 Å². The molecule has 0 fully saturated rings. The molecule has 27 heavy (non-hydrogen) atoms. The van der Waals surface area contributed by atoms with Gasteiger partial charge in [-0.1, -0.05) is 19.9 Å². The molecule has 2 rings (SSSR count). The maximum Gasteiger partial charge on any atom is 0.261 e. The molecule has 0 aliphatic heterocycles. The van der Waals surface area contributed by atoms with Gasteiger partial charge >= 0.3 is 0 Å². The van der Waals surface area contributed by atoms with Gasteiger partial charge in [-0.15, -0.1) is 0 Å². The first-order valence-corrected chi connectivity index (χ1v) is 11.0. The van der Waals surface area contributed by atoms with Crippen molar-refractivity contribution in [3.63, 3.8) is 0 Å². The van der Waals surface area contributed by atoms with Crippen LogP contribution in [0.1, 0.15) is 19.4 Å². The van der Waals surface area contributed by atoms with Gasteiger partial charge in [0.2, 0.25) is 10.0 Å². The van der Waals surface area contributed by atoms with Crippen LogP contribution >= 0.6 is 0 Å². The molecule has 0 aromatic heterocycles. The monoisotopic (exact) mass is 418 g/mol. The van der Waals surface area contributed by atoms with Crippen LogP contribution in [-0.2, 0) is 20.0 Å². The summed E-state index contributed by atoms with van der Waals surface area (Å²) in [5, 5.41) is 0. The zero-order valence-electron chi connectivity index (χ0n) is 15.0. The minimum atomic E-state index is -4.22. The zero-order chi connectivity index (χ0) is 20.4. The minimum absolute atomic E-state index is 0.00364. The molecule has 2 aromatic rings. The number of halogens is 2. The summed E-state index contributed by atoms with van der Waals surface area (Å²) >= 11 is 0. The predicted octanol–water partition coefficient (Wildman–Crippen LogP) is 3.10. The number of nitrogens with zero attached hydrogens (tertiary/aromatic N) is 1. The Bertz CT molecular complexity index is 1050. The van der Waals surface area contributed by atoms with Crippen LogP contribution in [0.25, 0.3) is 0 Å². The van der Waals surface area contributed by atoms with Crippen molar-refractivity contribution in [1.82, 2.24) is 4.31 Å². The van der Waals surface area contributed by atoms with Gasteiger partial charge < -0.3 is 0 Å². The fourth-order valence-electron chi connectivity index (χ4n) is 2.50. The van der Waals surface area contributed by atoms with Crippen LogP contribution in [0, 0.1) is 18.6 Å². The number of benzene rings is 2. The van der Waals surface area contributed by atoms with Gasteiger partial charge in [0.25, 0.3) is 10.0 Å². The first kappa shape index (κ1) is 21.3. The Morgan fingerprint density at radius 3 is 2.11 bits per heavy atom. The number of hydrogen-bond donors (Lipinski definition) is 1. The highest BCUT2D eigenvalue weighted by atomic mass is 32.2. The van der Waals surface area contributed by atoms with Crippen molar-refractivity contribution < 1.29 is 25.6 Å². The standard InChI is InChI=1S/C17H20F2N2O4S2/c1-4-21(5-2)27(24,25)17-10-13(7-6-12(17)3)20-26(22,23)14-8-9-15(18)16(19)11-14/h6-11,20H,4-5H2,1-3H3. The highest BCUT2D eigenvalue weighted by molar-refractivity contribution is 7.92. The van der Waals surface area contributed by atoms with E-state index in [1.165, 1.54) is 22.5 Å². The van der Waals surface area contributed by atoms with E-state index in [1.54, 1.807) is 20.8 Å². The number of hydrogen-bond acceptors (Lipinski definition) is 4. The largest absolute Gasteiger partial charge is 0.280 e. The highest BCUT2D eigenvalue weighted by Gasteiger charge is 2.25. The van der Waals surface area contributed by atoms with Gasteiger partial charge in [0.15, 0.2) is 11.6 Å². The Kier molecular flexibility index (Phi) is 6.23. The summed E-state index contributed by atoms with van der Waals surface area (Å²) in [6.07, 6.45) is 0. The predicted molar refractivity (Wildman–Crippen MR) is 98.5 cm³/mol. The summed E-state index contributed by atoms with van der Waals surface area (Å²) in [5.41, 5.74) is 0.453. The van der Waals surface area contributed by atoms with Crippen molar-refractivity contribution in [2.24, 2.45) is 0 Å². The molecule has 0 unspecified atom stereocenters. The van der Waals surface area contributed by atoms with E-state index in [2.05, 4.69) is 4.72 Å². The molecule has 0 aliphatic rings. The first-order valence-electron chi connectivity index (χ1n) is 8.11. The van der Waals surface area contributed by atoms with Crippen LogP contribution in [0.5, 0.6) is 0 Å². The van der Waals surface area contributed by atoms with Crippen LogP contribution < -0.4 is 4.72 Å². The van der Waals surface area contributed by atoms with Crippen molar-refractivity contribution in [2.75, 3.05) is 17.8 Å². The lowest BCUT2D eigenvalue weighted by molar-refractivity contribution is 0.445. The van der Waals surface area contributed by atoms with Crippen LogP contribution in [0.4, 0.5) is 14.5 Å². The second kappa shape index (κ2) is 7.91. The first-order chi connectivity index (χ1) is 12.5. The van der Waals surface area contributed by atoms with Gasteiger partial charge in [0, 0.05) is 13.1 Å². The van der Waals surface area contributed by atoms with Crippen LogP contribution in [0.15, 0.2) is 46.2 Å². The maximum absolute atomic E-state index is 13.3. The molecule has 0 saturated carbocycles. The molecular weight excluding hydrogens is 398 g/mol. The van der Waals surface area contributed by atoms with E-state index in [1.807, 2.05) is 0 Å². The van der Waals surface area contributed by atoms with E-state index < -0.39 is 36.6 Å². The van der Waals surface area contributed by atoms with Gasteiger partial charge in [-0.2, -0.15) is 4.31 Å². The van der Waals surface area contributed by atoms with E-state index >= 15 is 0 Å². The smallest absolute Gasteiger partial charge is 0.261 e. The Morgan fingerprint density at radius 2 is 1.56 bits per heavy atom. The maximum atomic E-state index is 13.3. The average molecular weight is 418 g/mol. The van der Waals surface area contributed by atoms with Crippen LogP contribution in [0.2, 0.25) is 0 Å². The summed E-state index contributed by atoms with van der Waals surface area (Å²) in [6.45, 7) is 5.54. The van der Waals surface area contributed by atoms with Crippen LogP contribution in [0.3, 0.4) is 0 Å². The molecule has 0 bridgehead atoms. The molecule has 10 heteroatoms. The third kappa shape index (κ3) is 4.45. The molecule has 0 heterocycles. The Balaban J connectivity index is 2.45. The molecule has 0 atom stereocenters. The minimum Gasteiger partial charge on any atom is -0.280 e. The second-order valence-electron chi connectivity index (χ2n) is 5.75.